The van der Waals surface area contributed by atoms with Crippen LogP contribution in [0.1, 0.15) is 40.5 Å². The minimum Gasteiger partial charge on any atom is -0.378 e. The third kappa shape index (κ3) is 7.46. The first kappa shape index (κ1) is 23.4. The van der Waals surface area contributed by atoms with Crippen LogP contribution in [0.25, 0.3) is 0 Å². The van der Waals surface area contributed by atoms with Gasteiger partial charge in [0.2, 0.25) is 17.7 Å². The van der Waals surface area contributed by atoms with Gasteiger partial charge in [0, 0.05) is 51.0 Å². The van der Waals surface area contributed by atoms with E-state index >= 15 is 0 Å². The molecule has 0 saturated carbocycles. The molecule has 1 fully saturated rings. The largest absolute Gasteiger partial charge is 0.378 e. The van der Waals surface area contributed by atoms with Crippen LogP contribution in [-0.4, -0.2) is 84.2 Å². The zero-order valence-electron chi connectivity index (χ0n) is 17.3. The van der Waals surface area contributed by atoms with Crippen LogP contribution < -0.4 is 0 Å². The van der Waals surface area contributed by atoms with Crippen molar-refractivity contribution in [2.75, 3.05) is 46.4 Å². The predicted molar refractivity (Wildman–Crippen MR) is 101 cm³/mol. The summed E-state index contributed by atoms with van der Waals surface area (Å²) in [5, 5.41) is 10.8. The third-order valence-electron chi connectivity index (χ3n) is 4.96. The molecule has 3 amide bonds. The molecule has 1 rings (SSSR count). The Morgan fingerprint density at radius 2 is 1.52 bits per heavy atom. The maximum atomic E-state index is 12.4. The van der Waals surface area contributed by atoms with Gasteiger partial charge in [0.15, 0.2) is 0 Å². The fourth-order valence-corrected chi connectivity index (χ4v) is 2.96. The summed E-state index contributed by atoms with van der Waals surface area (Å²) in [7, 11) is 1.72. The highest BCUT2D eigenvalue weighted by atomic mass is 16.5. The first-order valence-corrected chi connectivity index (χ1v) is 9.76. The van der Waals surface area contributed by atoms with Crippen molar-refractivity contribution in [2.24, 2.45) is 17.8 Å². The Kier molecular flexibility index (Phi) is 9.73. The molecule has 0 bridgehead atoms. The molecule has 1 heterocycles. The zero-order valence-corrected chi connectivity index (χ0v) is 17.3. The van der Waals surface area contributed by atoms with Gasteiger partial charge >= 0.3 is 0 Å². The lowest BCUT2D eigenvalue weighted by molar-refractivity contribution is -0.171. The van der Waals surface area contributed by atoms with Crippen LogP contribution in [0.15, 0.2) is 0 Å². The summed E-state index contributed by atoms with van der Waals surface area (Å²) in [4.78, 5) is 39.9. The van der Waals surface area contributed by atoms with Crippen LogP contribution >= 0.6 is 0 Å². The van der Waals surface area contributed by atoms with Gasteiger partial charge in [-0.05, 0) is 12.8 Å². The van der Waals surface area contributed by atoms with E-state index in [2.05, 4.69) is 0 Å². The molecule has 0 radical (unpaired) electrons. The Morgan fingerprint density at radius 1 is 0.963 bits per heavy atom. The van der Waals surface area contributed by atoms with Crippen molar-refractivity contribution >= 4 is 17.7 Å². The molecule has 1 aliphatic rings. The highest BCUT2D eigenvalue weighted by Gasteiger charge is 2.25. The van der Waals surface area contributed by atoms with Crippen molar-refractivity contribution in [3.63, 3.8) is 0 Å². The highest BCUT2D eigenvalue weighted by molar-refractivity contribution is 5.79. The molecule has 1 saturated heterocycles. The number of rotatable bonds is 9. The Balaban J connectivity index is 2.37. The van der Waals surface area contributed by atoms with Gasteiger partial charge < -0.3 is 14.5 Å². The second-order valence-corrected chi connectivity index (χ2v) is 7.69. The van der Waals surface area contributed by atoms with E-state index in [0.29, 0.717) is 50.8 Å². The highest BCUT2D eigenvalue weighted by Crippen LogP contribution is 2.13. The predicted octanol–water partition coefficient (Wildman–Crippen LogP) is 1.23. The molecular weight excluding hydrogens is 350 g/mol. The number of carbonyl (C=O) groups excluding carboxylic acids is 3. The molecule has 8 heteroatoms. The molecule has 0 aliphatic carbocycles. The van der Waals surface area contributed by atoms with Gasteiger partial charge in [0.25, 0.3) is 0 Å². The molecule has 0 spiro atoms. The Bertz CT molecular complexity index is 506. The minimum atomic E-state index is -0.400. The standard InChI is InChI=1S/C19H35N3O5/c1-14(2)17(23)20(5)8-6-16(4)19(25)22(26)9-7-15(3)18(24)21-10-12-27-13-11-21/h14-16,26H,6-13H2,1-5H3. The molecule has 0 aromatic heterocycles. The van der Waals surface area contributed by atoms with Crippen molar-refractivity contribution in [1.82, 2.24) is 14.9 Å². The first-order valence-electron chi connectivity index (χ1n) is 9.76. The van der Waals surface area contributed by atoms with E-state index in [4.69, 9.17) is 4.74 Å². The molecule has 27 heavy (non-hydrogen) atoms. The van der Waals surface area contributed by atoms with Gasteiger partial charge in [0.05, 0.1) is 13.2 Å². The monoisotopic (exact) mass is 385 g/mol. The normalized spacial score (nSPS) is 16.8. The molecular formula is C19H35N3O5. The number of morpholine rings is 1. The Hall–Kier alpha value is -1.67. The first-order chi connectivity index (χ1) is 12.6. The van der Waals surface area contributed by atoms with E-state index < -0.39 is 5.92 Å². The zero-order chi connectivity index (χ0) is 20.6. The summed E-state index contributed by atoms with van der Waals surface area (Å²) in [6.45, 7) is 10.1. The third-order valence-corrected chi connectivity index (χ3v) is 4.96. The number of amides is 3. The van der Waals surface area contributed by atoms with E-state index in [1.807, 2.05) is 20.8 Å². The average Bonchev–Trinajstić information content (AvgIpc) is 2.68. The van der Waals surface area contributed by atoms with Gasteiger partial charge in [0.1, 0.15) is 0 Å². The van der Waals surface area contributed by atoms with Crippen molar-refractivity contribution in [3.05, 3.63) is 0 Å². The second-order valence-electron chi connectivity index (χ2n) is 7.69. The molecule has 2 atom stereocenters. The number of ether oxygens (including phenoxy) is 1. The van der Waals surface area contributed by atoms with Gasteiger partial charge in [-0.25, -0.2) is 5.06 Å². The van der Waals surface area contributed by atoms with Crippen molar-refractivity contribution in [2.45, 2.75) is 40.5 Å². The minimum absolute atomic E-state index is 0.0287. The van der Waals surface area contributed by atoms with Crippen LogP contribution in [0.5, 0.6) is 0 Å². The lowest BCUT2D eigenvalue weighted by atomic mass is 10.0. The fraction of sp³-hybridized carbons (Fsp3) is 0.842. The van der Waals surface area contributed by atoms with Gasteiger partial charge in [-0.2, -0.15) is 0 Å². The smallest absolute Gasteiger partial charge is 0.248 e. The number of hydrogen-bond acceptors (Lipinski definition) is 5. The van der Waals surface area contributed by atoms with Gasteiger partial charge in [-0.3, -0.25) is 19.6 Å². The van der Waals surface area contributed by atoms with Crippen molar-refractivity contribution in [1.29, 1.82) is 0 Å². The number of carbonyl (C=O) groups is 3. The summed E-state index contributed by atoms with van der Waals surface area (Å²) in [6.07, 6.45) is 0.879. The SMILES string of the molecule is CC(C)C(=O)N(C)CCC(C)C(=O)N(O)CCC(C)C(=O)N1CCOCC1. The second kappa shape index (κ2) is 11.2. The van der Waals surface area contributed by atoms with E-state index in [-0.39, 0.29) is 36.1 Å². The summed E-state index contributed by atoms with van der Waals surface area (Å²) in [5.41, 5.74) is 0. The maximum Gasteiger partial charge on any atom is 0.248 e. The van der Waals surface area contributed by atoms with Crippen molar-refractivity contribution in [3.8, 4) is 0 Å². The number of hydroxylamine groups is 2. The molecule has 156 valence electrons. The van der Waals surface area contributed by atoms with Crippen LogP contribution in [0.3, 0.4) is 0 Å². The molecule has 1 N–H and O–H groups in total. The van der Waals surface area contributed by atoms with Crippen LogP contribution in [0.4, 0.5) is 0 Å². The maximum absolute atomic E-state index is 12.4. The lowest BCUT2D eigenvalue weighted by Crippen LogP contribution is -2.44. The van der Waals surface area contributed by atoms with Gasteiger partial charge in [-0.1, -0.05) is 27.7 Å². The molecule has 0 aromatic carbocycles. The molecule has 8 nitrogen and oxygen atoms in total. The average molecular weight is 386 g/mol. The quantitative estimate of drug-likeness (QED) is 0.476. The summed E-state index contributed by atoms with van der Waals surface area (Å²) in [6, 6.07) is 0. The van der Waals surface area contributed by atoms with Crippen LogP contribution in [0, 0.1) is 17.8 Å². The lowest BCUT2D eigenvalue weighted by Gasteiger charge is -2.30. The van der Waals surface area contributed by atoms with Gasteiger partial charge in [-0.15, -0.1) is 0 Å². The summed E-state index contributed by atoms with van der Waals surface area (Å²) >= 11 is 0. The van der Waals surface area contributed by atoms with E-state index in [0.717, 1.165) is 0 Å². The number of hydrogen-bond donors (Lipinski definition) is 1. The number of nitrogens with zero attached hydrogens (tertiary/aromatic N) is 3. The molecule has 0 aromatic rings. The van der Waals surface area contributed by atoms with Crippen molar-refractivity contribution < 1.29 is 24.3 Å². The van der Waals surface area contributed by atoms with E-state index in [9.17, 15) is 19.6 Å². The van der Waals surface area contributed by atoms with E-state index in [1.54, 1.807) is 23.8 Å². The van der Waals surface area contributed by atoms with Crippen LogP contribution in [-0.2, 0) is 19.1 Å². The summed E-state index contributed by atoms with van der Waals surface area (Å²) < 4.78 is 5.24. The topological polar surface area (TPSA) is 90.4 Å². The van der Waals surface area contributed by atoms with Crippen LogP contribution in [0.2, 0.25) is 0 Å². The Labute approximate surface area is 162 Å². The molecule has 2 unspecified atom stereocenters. The van der Waals surface area contributed by atoms with E-state index in [1.165, 1.54) is 0 Å². The molecule has 1 aliphatic heterocycles. The Morgan fingerprint density at radius 3 is 2.07 bits per heavy atom. The summed E-state index contributed by atoms with van der Waals surface area (Å²) in [5.74, 6) is -1.07. The fourth-order valence-electron chi connectivity index (χ4n) is 2.96.